The highest BCUT2D eigenvalue weighted by atomic mass is 19.1. The Bertz CT molecular complexity index is 956. The fraction of sp³-hybridized carbons (Fsp3) is 0.435. The number of hydrogen-bond acceptors (Lipinski definition) is 2. The van der Waals surface area contributed by atoms with Crippen LogP contribution in [0.3, 0.4) is 0 Å². The third kappa shape index (κ3) is 3.28. The Morgan fingerprint density at radius 3 is 2.52 bits per heavy atom. The molecule has 1 heterocycles. The zero-order chi connectivity index (χ0) is 20.2. The van der Waals surface area contributed by atoms with Crippen molar-refractivity contribution in [2.45, 2.75) is 45.1 Å². The molecule has 0 saturated heterocycles. The standard InChI is InChI=1S/C23H23F3N2O/c24-16-3-5-17(6-4-16)28-7-1-2-18-15(13-28)8-19(25)22(21(18)26)27-20(29)12-23-9-14(10-23)11-23/h3-6,8,14H,1-2,7,9-13H2,(H,27,29). The Kier molecular flexibility index (Phi) is 4.33. The van der Waals surface area contributed by atoms with E-state index in [0.717, 1.165) is 30.9 Å². The molecule has 0 unspecified atom stereocenters. The van der Waals surface area contributed by atoms with Crippen LogP contribution in [-0.4, -0.2) is 12.5 Å². The van der Waals surface area contributed by atoms with Crippen LogP contribution in [-0.2, 0) is 17.8 Å². The first-order valence-corrected chi connectivity index (χ1v) is 10.2. The Labute approximate surface area is 167 Å². The molecule has 29 heavy (non-hydrogen) atoms. The van der Waals surface area contributed by atoms with Gasteiger partial charge < -0.3 is 10.2 Å². The van der Waals surface area contributed by atoms with Crippen molar-refractivity contribution >= 4 is 17.3 Å². The number of carbonyl (C=O) groups is 1. The number of anilines is 2. The summed E-state index contributed by atoms with van der Waals surface area (Å²) >= 11 is 0. The molecule has 6 heteroatoms. The number of rotatable bonds is 4. The van der Waals surface area contributed by atoms with Crippen molar-refractivity contribution in [2.75, 3.05) is 16.8 Å². The first-order valence-electron chi connectivity index (χ1n) is 10.2. The van der Waals surface area contributed by atoms with Gasteiger partial charge in [0.05, 0.1) is 0 Å². The minimum Gasteiger partial charge on any atom is -0.367 e. The van der Waals surface area contributed by atoms with E-state index in [0.29, 0.717) is 43.5 Å². The van der Waals surface area contributed by atoms with E-state index in [1.54, 1.807) is 12.1 Å². The zero-order valence-corrected chi connectivity index (χ0v) is 16.1. The first kappa shape index (κ1) is 18.5. The number of amides is 1. The Morgan fingerprint density at radius 2 is 1.86 bits per heavy atom. The van der Waals surface area contributed by atoms with Gasteiger partial charge in [-0.15, -0.1) is 0 Å². The van der Waals surface area contributed by atoms with Gasteiger partial charge in [-0.1, -0.05) is 0 Å². The first-order chi connectivity index (χ1) is 13.9. The third-order valence-corrected chi connectivity index (χ3v) is 6.78. The lowest BCUT2D eigenvalue weighted by Gasteiger charge is -2.61. The summed E-state index contributed by atoms with van der Waals surface area (Å²) in [7, 11) is 0. The number of carbonyl (C=O) groups excluding carboxylic acids is 1. The van der Waals surface area contributed by atoms with E-state index in [1.807, 2.05) is 4.90 Å². The molecule has 1 amide bonds. The number of fused-ring (bicyclic) bond motifs is 1. The summed E-state index contributed by atoms with van der Waals surface area (Å²) in [6.45, 7) is 1.00. The molecule has 0 radical (unpaired) electrons. The second kappa shape index (κ2) is 6.78. The Balaban J connectivity index is 1.37. The molecule has 0 aromatic heterocycles. The van der Waals surface area contributed by atoms with Crippen LogP contribution in [0.5, 0.6) is 0 Å². The molecule has 2 aromatic carbocycles. The molecule has 6 rings (SSSR count). The van der Waals surface area contributed by atoms with Crippen LogP contribution in [0, 0.1) is 28.8 Å². The number of benzene rings is 2. The van der Waals surface area contributed by atoms with E-state index in [2.05, 4.69) is 5.32 Å². The largest absolute Gasteiger partial charge is 0.367 e. The summed E-state index contributed by atoms with van der Waals surface area (Å²) in [6, 6.07) is 7.44. The lowest BCUT2D eigenvalue weighted by molar-refractivity contribution is -0.139. The van der Waals surface area contributed by atoms with E-state index >= 15 is 4.39 Å². The molecule has 152 valence electrons. The molecular formula is C23H23F3N2O. The minimum atomic E-state index is -0.742. The van der Waals surface area contributed by atoms with Crippen molar-refractivity contribution in [3.63, 3.8) is 0 Å². The number of halogens is 3. The van der Waals surface area contributed by atoms with Crippen LogP contribution >= 0.6 is 0 Å². The molecule has 2 aromatic rings. The second-order valence-corrected chi connectivity index (χ2v) is 8.89. The lowest BCUT2D eigenvalue weighted by Crippen LogP contribution is -2.53. The summed E-state index contributed by atoms with van der Waals surface area (Å²) in [5.74, 6) is -1.27. The molecule has 0 atom stereocenters. The summed E-state index contributed by atoms with van der Waals surface area (Å²) < 4.78 is 43.1. The van der Waals surface area contributed by atoms with Crippen LogP contribution in [0.2, 0.25) is 0 Å². The van der Waals surface area contributed by atoms with E-state index in [4.69, 9.17) is 0 Å². The van der Waals surface area contributed by atoms with Crippen molar-refractivity contribution < 1.29 is 18.0 Å². The quantitative estimate of drug-likeness (QED) is 0.767. The topological polar surface area (TPSA) is 32.3 Å². The number of nitrogens with one attached hydrogen (secondary N) is 1. The number of hydrogen-bond donors (Lipinski definition) is 1. The second-order valence-electron chi connectivity index (χ2n) is 8.89. The van der Waals surface area contributed by atoms with Gasteiger partial charge in [0.15, 0.2) is 5.82 Å². The maximum absolute atomic E-state index is 15.2. The van der Waals surface area contributed by atoms with Gasteiger partial charge >= 0.3 is 0 Å². The summed E-state index contributed by atoms with van der Waals surface area (Å²) in [6.07, 6.45) is 4.69. The molecule has 3 saturated carbocycles. The van der Waals surface area contributed by atoms with Crippen molar-refractivity contribution in [1.82, 2.24) is 0 Å². The summed E-state index contributed by atoms with van der Waals surface area (Å²) in [5, 5.41) is 2.50. The summed E-state index contributed by atoms with van der Waals surface area (Å²) in [4.78, 5) is 14.4. The molecule has 3 aliphatic carbocycles. The average Bonchev–Trinajstić information content (AvgIpc) is 2.84. The molecule has 4 aliphatic rings. The van der Waals surface area contributed by atoms with Gasteiger partial charge in [0.1, 0.15) is 17.3 Å². The molecule has 3 nitrogen and oxygen atoms in total. The summed E-state index contributed by atoms with van der Waals surface area (Å²) in [5.41, 5.74) is 1.60. The molecule has 1 N–H and O–H groups in total. The fourth-order valence-corrected chi connectivity index (χ4v) is 5.24. The van der Waals surface area contributed by atoms with Gasteiger partial charge in [0.2, 0.25) is 5.91 Å². The predicted molar refractivity (Wildman–Crippen MR) is 105 cm³/mol. The predicted octanol–water partition coefficient (Wildman–Crippen LogP) is 5.19. The van der Waals surface area contributed by atoms with Crippen molar-refractivity contribution in [3.05, 3.63) is 58.9 Å². The van der Waals surface area contributed by atoms with Crippen LogP contribution in [0.25, 0.3) is 0 Å². The highest BCUT2D eigenvalue weighted by Gasteiger charge is 2.57. The van der Waals surface area contributed by atoms with Crippen LogP contribution in [0.1, 0.15) is 43.2 Å². The molecule has 3 fully saturated rings. The third-order valence-electron chi connectivity index (χ3n) is 6.78. The van der Waals surface area contributed by atoms with E-state index in [9.17, 15) is 13.6 Å². The van der Waals surface area contributed by atoms with Gasteiger partial charge in [0.25, 0.3) is 0 Å². The van der Waals surface area contributed by atoms with Crippen molar-refractivity contribution in [1.29, 1.82) is 0 Å². The van der Waals surface area contributed by atoms with E-state index in [-0.39, 0.29) is 22.8 Å². The lowest BCUT2D eigenvalue weighted by atomic mass is 9.43. The van der Waals surface area contributed by atoms with E-state index in [1.165, 1.54) is 18.2 Å². The van der Waals surface area contributed by atoms with Gasteiger partial charge in [-0.2, -0.15) is 0 Å². The highest BCUT2D eigenvalue weighted by molar-refractivity contribution is 5.92. The average molecular weight is 400 g/mol. The Morgan fingerprint density at radius 1 is 1.14 bits per heavy atom. The van der Waals surface area contributed by atoms with E-state index < -0.39 is 11.6 Å². The van der Waals surface area contributed by atoms with Gasteiger partial charge in [0, 0.05) is 25.2 Å². The molecular weight excluding hydrogens is 377 g/mol. The Hall–Kier alpha value is -2.50. The molecule has 1 aliphatic heterocycles. The van der Waals surface area contributed by atoms with Crippen molar-refractivity contribution in [3.8, 4) is 0 Å². The maximum Gasteiger partial charge on any atom is 0.225 e. The van der Waals surface area contributed by atoms with Crippen molar-refractivity contribution in [2.24, 2.45) is 11.3 Å². The van der Waals surface area contributed by atoms with Crippen LogP contribution in [0.15, 0.2) is 30.3 Å². The van der Waals surface area contributed by atoms with Gasteiger partial charge in [-0.05, 0) is 84.9 Å². The fourth-order valence-electron chi connectivity index (χ4n) is 5.24. The zero-order valence-electron chi connectivity index (χ0n) is 16.1. The smallest absolute Gasteiger partial charge is 0.225 e. The minimum absolute atomic E-state index is 0.0864. The maximum atomic E-state index is 15.2. The van der Waals surface area contributed by atoms with Crippen LogP contribution in [0.4, 0.5) is 24.5 Å². The molecule has 0 spiro atoms. The molecule has 2 bridgehead atoms. The SMILES string of the molecule is O=C(CC12CC(C1)C2)Nc1c(F)cc2c(c1F)CCCN(c1ccc(F)cc1)C2. The van der Waals surface area contributed by atoms with Gasteiger partial charge in [-0.3, -0.25) is 4.79 Å². The van der Waals surface area contributed by atoms with Crippen LogP contribution < -0.4 is 10.2 Å². The normalized spacial score (nSPS) is 24.8. The number of nitrogens with zero attached hydrogens (tertiary/aromatic N) is 1. The monoisotopic (exact) mass is 400 g/mol. The highest BCUT2D eigenvalue weighted by Crippen LogP contribution is 2.66. The van der Waals surface area contributed by atoms with Gasteiger partial charge in [-0.25, -0.2) is 13.2 Å².